The fourth-order valence-electron chi connectivity index (χ4n) is 4.27. The minimum Gasteiger partial charge on any atom is -0.381 e. The van der Waals surface area contributed by atoms with Crippen LogP contribution in [0.25, 0.3) is 11.0 Å². The number of nitrogens with one attached hydrogen (secondary N) is 1. The Morgan fingerprint density at radius 1 is 1.15 bits per heavy atom. The van der Waals surface area contributed by atoms with Gasteiger partial charge in [-0.25, -0.2) is 4.79 Å². The molecule has 0 spiro atoms. The normalized spacial score (nSPS) is 20.4. The van der Waals surface area contributed by atoms with Gasteiger partial charge in [0.25, 0.3) is 0 Å². The lowest BCUT2D eigenvalue weighted by Gasteiger charge is -2.36. The van der Waals surface area contributed by atoms with Crippen molar-refractivity contribution in [1.82, 2.24) is 14.5 Å². The average Bonchev–Trinajstić information content (AvgIpc) is 3.03. The van der Waals surface area contributed by atoms with Gasteiger partial charge in [0.1, 0.15) is 0 Å². The molecule has 0 saturated carbocycles. The molecule has 2 fully saturated rings. The summed E-state index contributed by atoms with van der Waals surface area (Å²) in [5, 5.41) is 0. The van der Waals surface area contributed by atoms with Crippen molar-refractivity contribution in [3.8, 4) is 0 Å². The highest BCUT2D eigenvalue weighted by molar-refractivity contribution is 5.85. The van der Waals surface area contributed by atoms with E-state index in [0.29, 0.717) is 26.3 Å². The molecule has 1 amide bonds. The van der Waals surface area contributed by atoms with Crippen LogP contribution < -0.4 is 11.4 Å². The molecule has 1 aromatic carbocycles. The van der Waals surface area contributed by atoms with Gasteiger partial charge in [0, 0.05) is 32.3 Å². The van der Waals surface area contributed by atoms with Crippen molar-refractivity contribution < 1.29 is 9.53 Å². The van der Waals surface area contributed by atoms with Gasteiger partial charge in [0.05, 0.1) is 17.1 Å². The van der Waals surface area contributed by atoms with E-state index >= 15 is 0 Å². The van der Waals surface area contributed by atoms with Crippen LogP contribution in [0.3, 0.4) is 0 Å². The lowest BCUT2D eigenvalue weighted by atomic mass is 9.91. The number of hydrogen-bond donors (Lipinski definition) is 2. The highest BCUT2D eigenvalue weighted by atomic mass is 35.5. The van der Waals surface area contributed by atoms with E-state index in [4.69, 9.17) is 10.5 Å². The number of para-hydroxylation sites is 2. The van der Waals surface area contributed by atoms with E-state index in [9.17, 15) is 9.59 Å². The largest absolute Gasteiger partial charge is 0.381 e. The molecule has 8 heteroatoms. The molecular formula is C19H27ClN4O3. The van der Waals surface area contributed by atoms with Gasteiger partial charge in [-0.3, -0.25) is 9.36 Å². The molecule has 0 bridgehead atoms. The molecule has 4 rings (SSSR count). The summed E-state index contributed by atoms with van der Waals surface area (Å²) in [6, 6.07) is 7.41. The number of piperidine rings is 1. The number of carbonyl (C=O) groups is 1. The molecule has 0 aliphatic carbocycles. The summed E-state index contributed by atoms with van der Waals surface area (Å²) < 4.78 is 7.20. The molecule has 2 aliphatic heterocycles. The summed E-state index contributed by atoms with van der Waals surface area (Å²) >= 11 is 0. The standard InChI is InChI=1S/C19H26N4O3.ClH/c20-17(13-7-11-26-12-8-13)18(24)22-9-5-14(6-10-22)23-16-4-2-1-3-15(16)21-19(23)25;/h1-4,13-14,17H,5-12,20H2,(H,21,25);1H. The van der Waals surface area contributed by atoms with Crippen molar-refractivity contribution in [1.29, 1.82) is 0 Å². The lowest BCUT2D eigenvalue weighted by Crippen LogP contribution is -2.51. The zero-order valence-electron chi connectivity index (χ0n) is 15.3. The number of aromatic nitrogens is 2. The molecule has 2 aromatic rings. The lowest BCUT2D eigenvalue weighted by molar-refractivity contribution is -0.136. The maximum Gasteiger partial charge on any atom is 0.326 e. The number of fused-ring (bicyclic) bond motifs is 1. The number of H-pyrrole nitrogens is 1. The number of amides is 1. The Morgan fingerprint density at radius 2 is 1.81 bits per heavy atom. The van der Waals surface area contributed by atoms with Crippen LogP contribution in [-0.4, -0.2) is 52.7 Å². The number of imidazole rings is 1. The number of ether oxygens (including phenoxy) is 1. The fraction of sp³-hybridized carbons (Fsp3) is 0.579. The van der Waals surface area contributed by atoms with Gasteiger partial charge in [0.15, 0.2) is 0 Å². The second-order valence-electron chi connectivity index (χ2n) is 7.35. The van der Waals surface area contributed by atoms with Crippen LogP contribution in [-0.2, 0) is 9.53 Å². The molecule has 27 heavy (non-hydrogen) atoms. The van der Waals surface area contributed by atoms with Gasteiger partial charge < -0.3 is 20.4 Å². The third-order valence-electron chi connectivity index (χ3n) is 5.82. The van der Waals surface area contributed by atoms with Crippen LogP contribution in [0.5, 0.6) is 0 Å². The number of halogens is 1. The second kappa shape index (κ2) is 8.46. The van der Waals surface area contributed by atoms with Crippen LogP contribution >= 0.6 is 12.4 Å². The molecule has 2 aliphatic rings. The molecule has 3 N–H and O–H groups in total. The SMILES string of the molecule is Cl.NC(C(=O)N1CCC(n2c(=O)[nH]c3ccccc32)CC1)C1CCOCC1. The van der Waals surface area contributed by atoms with E-state index in [2.05, 4.69) is 4.98 Å². The van der Waals surface area contributed by atoms with Gasteiger partial charge >= 0.3 is 5.69 Å². The average molecular weight is 395 g/mol. The summed E-state index contributed by atoms with van der Waals surface area (Å²) in [6.07, 6.45) is 3.25. The maximum atomic E-state index is 12.8. The van der Waals surface area contributed by atoms with Crippen molar-refractivity contribution in [3.05, 3.63) is 34.7 Å². The van der Waals surface area contributed by atoms with Gasteiger partial charge in [-0.05, 0) is 43.7 Å². The van der Waals surface area contributed by atoms with E-state index in [0.717, 1.165) is 36.7 Å². The summed E-state index contributed by atoms with van der Waals surface area (Å²) in [4.78, 5) is 29.9. The summed E-state index contributed by atoms with van der Waals surface area (Å²) in [5.74, 6) is 0.256. The van der Waals surface area contributed by atoms with Crippen molar-refractivity contribution in [3.63, 3.8) is 0 Å². The Morgan fingerprint density at radius 3 is 2.52 bits per heavy atom. The number of carbonyl (C=O) groups excluding carboxylic acids is 1. The van der Waals surface area contributed by atoms with Crippen LogP contribution in [0.2, 0.25) is 0 Å². The van der Waals surface area contributed by atoms with Crippen LogP contribution in [0, 0.1) is 5.92 Å². The number of nitrogens with zero attached hydrogens (tertiary/aromatic N) is 2. The number of aromatic amines is 1. The molecule has 148 valence electrons. The Kier molecular flexibility index (Phi) is 6.24. The maximum absolute atomic E-state index is 12.8. The monoisotopic (exact) mass is 394 g/mol. The Hall–Kier alpha value is -1.83. The Balaban J connectivity index is 0.00000210. The van der Waals surface area contributed by atoms with Gasteiger partial charge in [-0.1, -0.05) is 12.1 Å². The molecular weight excluding hydrogens is 368 g/mol. The first-order valence-corrected chi connectivity index (χ1v) is 9.46. The van der Waals surface area contributed by atoms with Crippen LogP contribution in [0.15, 0.2) is 29.1 Å². The molecule has 1 atom stereocenters. The van der Waals surface area contributed by atoms with Crippen molar-refractivity contribution in [2.75, 3.05) is 26.3 Å². The minimum atomic E-state index is -0.439. The first kappa shape index (κ1) is 19.9. The topological polar surface area (TPSA) is 93.4 Å². The molecule has 0 radical (unpaired) electrons. The number of hydrogen-bond acceptors (Lipinski definition) is 4. The quantitative estimate of drug-likeness (QED) is 0.828. The predicted molar refractivity (Wildman–Crippen MR) is 106 cm³/mol. The van der Waals surface area contributed by atoms with E-state index in [1.165, 1.54) is 0 Å². The van der Waals surface area contributed by atoms with Crippen molar-refractivity contribution >= 4 is 29.3 Å². The van der Waals surface area contributed by atoms with E-state index in [1.54, 1.807) is 0 Å². The molecule has 3 heterocycles. The van der Waals surface area contributed by atoms with E-state index < -0.39 is 6.04 Å². The van der Waals surface area contributed by atoms with Gasteiger partial charge in [-0.2, -0.15) is 0 Å². The van der Waals surface area contributed by atoms with E-state index in [1.807, 2.05) is 33.7 Å². The molecule has 1 aromatic heterocycles. The van der Waals surface area contributed by atoms with Crippen LogP contribution in [0.4, 0.5) is 0 Å². The predicted octanol–water partition coefficient (Wildman–Crippen LogP) is 1.67. The third-order valence-corrected chi connectivity index (χ3v) is 5.82. The van der Waals surface area contributed by atoms with Gasteiger partial charge in [0.2, 0.25) is 5.91 Å². The second-order valence-corrected chi connectivity index (χ2v) is 7.35. The minimum absolute atomic E-state index is 0. The van der Waals surface area contributed by atoms with E-state index in [-0.39, 0.29) is 36.0 Å². The third kappa shape index (κ3) is 3.90. The highest BCUT2D eigenvalue weighted by Crippen LogP contribution is 2.26. The summed E-state index contributed by atoms with van der Waals surface area (Å²) in [5.41, 5.74) is 7.96. The molecule has 1 unspecified atom stereocenters. The van der Waals surface area contributed by atoms with Gasteiger partial charge in [-0.15, -0.1) is 12.4 Å². The number of benzene rings is 1. The summed E-state index contributed by atoms with van der Waals surface area (Å²) in [7, 11) is 0. The Bertz CT molecular complexity index is 835. The van der Waals surface area contributed by atoms with Crippen LogP contribution in [0.1, 0.15) is 31.7 Å². The number of rotatable bonds is 3. The Labute approximate surface area is 164 Å². The molecule has 2 saturated heterocycles. The summed E-state index contributed by atoms with van der Waals surface area (Å²) in [6.45, 7) is 2.67. The smallest absolute Gasteiger partial charge is 0.326 e. The van der Waals surface area contributed by atoms with Crippen molar-refractivity contribution in [2.24, 2.45) is 11.7 Å². The zero-order valence-corrected chi connectivity index (χ0v) is 16.1. The first-order chi connectivity index (χ1) is 12.6. The fourth-order valence-corrected chi connectivity index (χ4v) is 4.27. The first-order valence-electron chi connectivity index (χ1n) is 9.46. The molecule has 7 nitrogen and oxygen atoms in total. The number of nitrogens with two attached hydrogens (primary N) is 1. The van der Waals surface area contributed by atoms with Crippen molar-refractivity contribution in [2.45, 2.75) is 37.8 Å². The highest BCUT2D eigenvalue weighted by Gasteiger charge is 2.32. The number of likely N-dealkylation sites (tertiary alicyclic amines) is 1. The zero-order chi connectivity index (χ0) is 18.1.